The molecule has 6 heteroatoms. The number of para-hydroxylation sites is 5. The van der Waals surface area contributed by atoms with Crippen molar-refractivity contribution in [2.45, 2.75) is 0 Å². The Morgan fingerprint density at radius 2 is 1.02 bits per heavy atom. The Morgan fingerprint density at radius 3 is 1.76 bits per heavy atom. The zero-order chi connectivity index (χ0) is 47.5. The van der Waals surface area contributed by atoms with Gasteiger partial charge in [0.1, 0.15) is 11.2 Å². The van der Waals surface area contributed by atoms with Crippen LogP contribution in [0.5, 0.6) is 0 Å². The first-order chi connectivity index (χ1) is 34.2. The normalized spacial score (nSPS) is 13.4. The fraction of sp³-hybridized carbons (Fsp3) is 0. The molecule has 0 radical (unpaired) electrons. The molecule has 0 N–H and O–H groups in total. The molecule has 0 unspecified atom stereocenters. The third kappa shape index (κ3) is 5.48. The highest BCUT2D eigenvalue weighted by Gasteiger charge is 2.25. The maximum absolute atomic E-state index is 9.89. The Balaban J connectivity index is 1.26. The van der Waals surface area contributed by atoms with E-state index >= 15 is 0 Å². The Morgan fingerprint density at radius 1 is 0.397 bits per heavy atom. The van der Waals surface area contributed by atoms with Gasteiger partial charge in [-0.3, -0.25) is 0 Å². The minimum atomic E-state index is -0.241. The first-order valence-corrected chi connectivity index (χ1v) is 20.6. The summed E-state index contributed by atoms with van der Waals surface area (Å²) in [5.41, 5.74) is 7.71. The Hall–Kier alpha value is -8.61. The van der Waals surface area contributed by atoms with Crippen molar-refractivity contribution in [1.29, 1.82) is 0 Å². The van der Waals surface area contributed by atoms with Gasteiger partial charge in [0.15, 0.2) is 17.5 Å². The lowest BCUT2D eigenvalue weighted by Crippen LogP contribution is -2.05. The van der Waals surface area contributed by atoms with Crippen LogP contribution in [0.25, 0.3) is 122 Å². The quantitative estimate of drug-likeness (QED) is 0.168. The van der Waals surface area contributed by atoms with Crippen LogP contribution in [-0.2, 0) is 0 Å². The van der Waals surface area contributed by atoms with Gasteiger partial charge in [-0.15, -0.1) is 0 Å². The smallest absolute Gasteiger partial charge is 0.166 e. The van der Waals surface area contributed by atoms with E-state index in [0.717, 1.165) is 38.6 Å². The molecule has 294 valence electrons. The highest BCUT2D eigenvalue weighted by atomic mass is 16.3. The zero-order valence-electron chi connectivity index (χ0n) is 40.3. The van der Waals surface area contributed by atoms with Gasteiger partial charge in [0.2, 0.25) is 0 Å². The second-order valence-corrected chi connectivity index (χ2v) is 15.4. The van der Waals surface area contributed by atoms with Crippen molar-refractivity contribution in [3.63, 3.8) is 0 Å². The molecule has 0 saturated heterocycles. The Labute approximate surface area is 371 Å². The molecule has 13 aromatic rings. The number of benzene rings is 9. The van der Waals surface area contributed by atoms with Gasteiger partial charge in [0.25, 0.3) is 0 Å². The summed E-state index contributed by atoms with van der Waals surface area (Å²) in [5.74, 6) is 1.15. The van der Waals surface area contributed by atoms with Crippen molar-refractivity contribution in [1.82, 2.24) is 24.1 Å². The van der Waals surface area contributed by atoms with Crippen molar-refractivity contribution in [3.8, 4) is 56.7 Å². The van der Waals surface area contributed by atoms with Crippen LogP contribution < -0.4 is 0 Å². The predicted molar refractivity (Wildman–Crippen MR) is 258 cm³/mol. The van der Waals surface area contributed by atoms with Gasteiger partial charge < -0.3 is 13.6 Å². The van der Waals surface area contributed by atoms with E-state index in [0.29, 0.717) is 61.9 Å². The van der Waals surface area contributed by atoms with Gasteiger partial charge in [-0.05, 0) is 48.0 Å². The summed E-state index contributed by atoms with van der Waals surface area (Å²) in [6.45, 7) is 0. The minimum absolute atomic E-state index is 0.0417. The van der Waals surface area contributed by atoms with Crippen LogP contribution in [0.4, 0.5) is 0 Å². The van der Waals surface area contributed by atoms with Gasteiger partial charge in [-0.2, -0.15) is 0 Å². The van der Waals surface area contributed by atoms with Crippen LogP contribution in [0.15, 0.2) is 217 Å². The molecule has 0 amide bonds. The molecule has 6 nitrogen and oxygen atoms in total. The summed E-state index contributed by atoms with van der Waals surface area (Å²) >= 11 is 0. The highest BCUT2D eigenvalue weighted by molar-refractivity contribution is 6.24. The summed E-state index contributed by atoms with van der Waals surface area (Å²) in [4.78, 5) is 15.4. The van der Waals surface area contributed by atoms with E-state index < -0.39 is 0 Å². The summed E-state index contributed by atoms with van der Waals surface area (Å²) in [7, 11) is 0. The lowest BCUT2D eigenvalue weighted by Gasteiger charge is -2.17. The molecule has 0 aliphatic heterocycles. The van der Waals surface area contributed by atoms with E-state index in [9.17, 15) is 6.85 Å². The van der Waals surface area contributed by atoms with Crippen LogP contribution in [0.3, 0.4) is 0 Å². The topological polar surface area (TPSA) is 61.7 Å². The van der Waals surface area contributed by atoms with E-state index in [1.54, 1.807) is 12.1 Å². The number of aromatic nitrogens is 5. The largest absolute Gasteiger partial charge is 0.455 e. The number of fused-ring (bicyclic) bond motifs is 10. The van der Waals surface area contributed by atoms with Crippen molar-refractivity contribution in [3.05, 3.63) is 212 Å². The minimum Gasteiger partial charge on any atom is -0.455 e. The number of furan rings is 1. The molecule has 0 spiro atoms. The van der Waals surface area contributed by atoms with Gasteiger partial charge in [-0.1, -0.05) is 170 Å². The number of hydrogen-bond donors (Lipinski definition) is 0. The van der Waals surface area contributed by atoms with Crippen molar-refractivity contribution >= 4 is 65.6 Å². The maximum atomic E-state index is 9.89. The predicted octanol–water partition coefficient (Wildman–Crippen LogP) is 14.6. The third-order valence-electron chi connectivity index (χ3n) is 11.8. The fourth-order valence-electron chi connectivity index (χ4n) is 9.03. The molecule has 4 heterocycles. The highest BCUT2D eigenvalue weighted by Crippen LogP contribution is 2.45. The van der Waals surface area contributed by atoms with Gasteiger partial charge >= 0.3 is 0 Å². The van der Waals surface area contributed by atoms with E-state index in [2.05, 4.69) is 0 Å². The Bertz CT molecular complexity index is 4270. The molecular weight excluding hydrogens is 771 g/mol. The van der Waals surface area contributed by atoms with E-state index in [1.165, 1.54) is 6.07 Å². The van der Waals surface area contributed by atoms with Crippen molar-refractivity contribution < 1.29 is 14.0 Å². The van der Waals surface area contributed by atoms with Crippen molar-refractivity contribution in [2.75, 3.05) is 0 Å². The maximum Gasteiger partial charge on any atom is 0.166 e. The third-order valence-corrected chi connectivity index (χ3v) is 11.8. The summed E-state index contributed by atoms with van der Waals surface area (Å²) in [6, 6.07) is 52.3. The molecule has 9 aromatic carbocycles. The van der Waals surface area contributed by atoms with Gasteiger partial charge in [0.05, 0.1) is 37.3 Å². The molecule has 0 saturated carbocycles. The average molecular weight is 813 g/mol. The average Bonchev–Trinajstić information content (AvgIpc) is 4.08. The number of nitrogens with zero attached hydrogens (tertiary/aromatic N) is 5. The van der Waals surface area contributed by atoms with Crippen LogP contribution in [0, 0.1) is 0 Å². The summed E-state index contributed by atoms with van der Waals surface area (Å²) in [6.07, 6.45) is 0. The van der Waals surface area contributed by atoms with Crippen LogP contribution in [0.2, 0.25) is 0 Å². The molecule has 0 atom stereocenters. The standard InChI is InChI=1S/C57H35N5O/c1-4-17-36(18-5-1)55-58-56(37-19-6-2-7-20-37)60-57(59-55)47-32-31-38(40-26-16-27-46-43-25-12-15-30-51(43)63-54(40)46)35-50(47)62-49-29-14-11-24-42(49)45-34-33-44-41-23-10-13-28-48(41)61(52(44)53(45)62)39-21-8-3-9-22-39/h1-35H/i10D,11D,23D,24D,29D,33D,34D. The van der Waals surface area contributed by atoms with Gasteiger partial charge in [0, 0.05) is 60.3 Å². The number of rotatable bonds is 6. The second-order valence-electron chi connectivity index (χ2n) is 15.4. The van der Waals surface area contributed by atoms with Crippen LogP contribution in [-0.4, -0.2) is 24.1 Å². The van der Waals surface area contributed by atoms with E-state index in [1.807, 2.05) is 161 Å². The number of hydrogen-bond acceptors (Lipinski definition) is 4. The van der Waals surface area contributed by atoms with E-state index in [4.69, 9.17) is 22.1 Å². The van der Waals surface area contributed by atoms with Gasteiger partial charge in [-0.25, -0.2) is 15.0 Å². The second kappa shape index (κ2) is 14.0. The van der Waals surface area contributed by atoms with Crippen molar-refractivity contribution in [2.24, 2.45) is 0 Å². The fourth-order valence-corrected chi connectivity index (χ4v) is 9.03. The lowest BCUT2D eigenvalue weighted by molar-refractivity contribution is 0.670. The first-order valence-electron chi connectivity index (χ1n) is 24.1. The molecule has 63 heavy (non-hydrogen) atoms. The van der Waals surface area contributed by atoms with E-state index in [-0.39, 0.29) is 64.0 Å². The first kappa shape index (κ1) is 28.8. The molecular formula is C57H35N5O. The lowest BCUT2D eigenvalue weighted by atomic mass is 9.99. The van der Waals surface area contributed by atoms with Crippen LogP contribution >= 0.6 is 0 Å². The molecule has 13 rings (SSSR count). The molecule has 0 aliphatic rings. The van der Waals surface area contributed by atoms with Crippen LogP contribution in [0.1, 0.15) is 9.60 Å². The monoisotopic (exact) mass is 812 g/mol. The molecule has 0 aliphatic carbocycles. The molecule has 4 aromatic heterocycles. The summed E-state index contributed by atoms with van der Waals surface area (Å²) in [5, 5.41) is 2.84. The molecule has 0 bridgehead atoms. The summed E-state index contributed by atoms with van der Waals surface area (Å²) < 4.78 is 76.5. The molecule has 0 fully saturated rings. The SMILES string of the molecule is [2H]c1ccc2c(c1[2H])c1c([2H])c([2H])c3c4c([2H])c([2H])cc([2H])c4n(-c4cc(-c5cccc6c5oc5ccccc56)ccc4-c4nc(-c5ccccc5)nc(-c5ccccc5)n4)c3c1n2-c1ccccc1. The Kier molecular flexibility index (Phi) is 6.39. The zero-order valence-corrected chi connectivity index (χ0v) is 33.3.